The van der Waals surface area contributed by atoms with Gasteiger partial charge in [-0.1, -0.05) is 23.7 Å². The smallest absolute Gasteiger partial charge is 0.149 e. The molecule has 2 aromatic rings. The summed E-state index contributed by atoms with van der Waals surface area (Å²) < 4.78 is 13.4. The van der Waals surface area contributed by atoms with Gasteiger partial charge in [-0.05, 0) is 25.5 Å². The average molecular weight is 210 g/mol. The van der Waals surface area contributed by atoms with E-state index in [0.29, 0.717) is 15.9 Å². The van der Waals surface area contributed by atoms with Gasteiger partial charge in [-0.25, -0.2) is 9.37 Å². The molecule has 3 heteroatoms. The molecule has 0 unspecified atom stereocenters. The highest BCUT2D eigenvalue weighted by molar-refractivity contribution is 6.36. The molecule has 0 atom stereocenters. The summed E-state index contributed by atoms with van der Waals surface area (Å²) in [5, 5.41) is 1.27. The van der Waals surface area contributed by atoms with Crippen molar-refractivity contribution in [1.29, 1.82) is 0 Å². The summed E-state index contributed by atoms with van der Waals surface area (Å²) in [4.78, 5) is 4.18. The second kappa shape index (κ2) is 3.21. The molecule has 0 N–H and O–H groups in total. The predicted octanol–water partition coefficient (Wildman–Crippen LogP) is 3.64. The Morgan fingerprint density at radius 3 is 2.71 bits per heavy atom. The van der Waals surface area contributed by atoms with Gasteiger partial charge in [0.1, 0.15) is 11.3 Å². The van der Waals surface area contributed by atoms with Crippen LogP contribution in [0.2, 0.25) is 5.02 Å². The molecule has 1 heterocycles. The zero-order valence-electron chi connectivity index (χ0n) is 7.94. The van der Waals surface area contributed by atoms with Crippen molar-refractivity contribution >= 4 is 22.5 Å². The molecule has 1 aromatic carbocycles. The summed E-state index contributed by atoms with van der Waals surface area (Å²) >= 11 is 6.10. The third-order valence-corrected chi connectivity index (χ3v) is 2.86. The Bertz CT molecular complexity index is 508. The molecule has 72 valence electrons. The Balaban J connectivity index is 2.98. The van der Waals surface area contributed by atoms with E-state index in [-0.39, 0.29) is 5.82 Å². The van der Waals surface area contributed by atoms with Crippen molar-refractivity contribution in [2.24, 2.45) is 0 Å². The number of nitrogens with zero attached hydrogens (tertiary/aromatic N) is 1. The molecular weight excluding hydrogens is 201 g/mol. The maximum atomic E-state index is 13.4. The van der Waals surface area contributed by atoms with Crippen LogP contribution in [-0.2, 0) is 0 Å². The molecule has 0 aliphatic heterocycles. The van der Waals surface area contributed by atoms with E-state index in [1.54, 1.807) is 12.1 Å². The largest absolute Gasteiger partial charge is 0.250 e. The van der Waals surface area contributed by atoms with Crippen LogP contribution in [0.3, 0.4) is 0 Å². The fourth-order valence-electron chi connectivity index (χ4n) is 1.42. The van der Waals surface area contributed by atoms with E-state index < -0.39 is 0 Å². The molecule has 0 saturated heterocycles. The first kappa shape index (κ1) is 9.41. The van der Waals surface area contributed by atoms with Gasteiger partial charge in [0.25, 0.3) is 0 Å². The van der Waals surface area contributed by atoms with Gasteiger partial charge in [-0.3, -0.25) is 0 Å². The van der Waals surface area contributed by atoms with Crippen LogP contribution >= 0.6 is 11.6 Å². The highest BCUT2D eigenvalue weighted by atomic mass is 35.5. The van der Waals surface area contributed by atoms with E-state index >= 15 is 0 Å². The Morgan fingerprint density at radius 1 is 1.29 bits per heavy atom. The molecule has 0 aliphatic rings. The van der Waals surface area contributed by atoms with Crippen molar-refractivity contribution in [3.05, 3.63) is 40.3 Å². The maximum Gasteiger partial charge on any atom is 0.149 e. The van der Waals surface area contributed by atoms with Gasteiger partial charge in [0.15, 0.2) is 0 Å². The molecule has 0 amide bonds. The summed E-state index contributed by atoms with van der Waals surface area (Å²) in [7, 11) is 0. The quantitative estimate of drug-likeness (QED) is 0.646. The van der Waals surface area contributed by atoms with Crippen LogP contribution < -0.4 is 0 Å². The highest BCUT2D eigenvalue weighted by Gasteiger charge is 2.09. The van der Waals surface area contributed by atoms with Crippen LogP contribution in [-0.4, -0.2) is 4.98 Å². The number of halogens is 2. The summed E-state index contributed by atoms with van der Waals surface area (Å²) in [6.45, 7) is 3.71. The van der Waals surface area contributed by atoms with Gasteiger partial charge in [0.2, 0.25) is 0 Å². The highest BCUT2D eigenvalue weighted by Crippen LogP contribution is 2.28. The summed E-state index contributed by atoms with van der Waals surface area (Å²) in [5.41, 5.74) is 2.03. The van der Waals surface area contributed by atoms with Crippen molar-refractivity contribution in [1.82, 2.24) is 4.98 Å². The van der Waals surface area contributed by atoms with Gasteiger partial charge in [0.05, 0.1) is 5.02 Å². The van der Waals surface area contributed by atoms with E-state index in [1.807, 2.05) is 13.8 Å². The van der Waals surface area contributed by atoms with Gasteiger partial charge in [0, 0.05) is 11.1 Å². The summed E-state index contributed by atoms with van der Waals surface area (Å²) in [5.74, 6) is -0.326. The van der Waals surface area contributed by atoms with Gasteiger partial charge < -0.3 is 0 Å². The molecule has 14 heavy (non-hydrogen) atoms. The van der Waals surface area contributed by atoms with Crippen molar-refractivity contribution < 1.29 is 4.39 Å². The second-order valence-electron chi connectivity index (χ2n) is 3.27. The zero-order valence-corrected chi connectivity index (χ0v) is 8.69. The number of hydrogen-bond donors (Lipinski definition) is 0. The minimum absolute atomic E-state index is 0.326. The van der Waals surface area contributed by atoms with Gasteiger partial charge in [-0.15, -0.1) is 0 Å². The molecule has 1 nitrogen and oxygen atoms in total. The predicted molar refractivity (Wildman–Crippen MR) is 56.2 cm³/mol. The number of hydrogen-bond acceptors (Lipinski definition) is 1. The number of para-hydroxylation sites is 1. The molecule has 0 radical (unpaired) electrons. The van der Waals surface area contributed by atoms with Gasteiger partial charge >= 0.3 is 0 Å². The van der Waals surface area contributed by atoms with Crippen molar-refractivity contribution in [3.8, 4) is 0 Å². The van der Waals surface area contributed by atoms with Crippen LogP contribution in [0.5, 0.6) is 0 Å². The Labute approximate surface area is 86.5 Å². The van der Waals surface area contributed by atoms with Crippen LogP contribution in [0, 0.1) is 19.7 Å². The van der Waals surface area contributed by atoms with Crippen LogP contribution in [0.1, 0.15) is 11.3 Å². The monoisotopic (exact) mass is 209 g/mol. The minimum atomic E-state index is -0.326. The maximum absolute atomic E-state index is 13.4. The topological polar surface area (TPSA) is 12.9 Å². The number of fused-ring (bicyclic) bond motifs is 1. The van der Waals surface area contributed by atoms with E-state index in [1.165, 1.54) is 6.07 Å². The van der Waals surface area contributed by atoms with Crippen molar-refractivity contribution in [2.45, 2.75) is 13.8 Å². The molecule has 0 aliphatic carbocycles. The Hall–Kier alpha value is -1.15. The first-order chi connectivity index (χ1) is 6.61. The lowest BCUT2D eigenvalue weighted by atomic mass is 10.1. The number of rotatable bonds is 0. The lowest BCUT2D eigenvalue weighted by Gasteiger charge is -2.06. The SMILES string of the molecule is Cc1nc2c(F)cccc2c(Cl)c1C. The first-order valence-electron chi connectivity index (χ1n) is 4.32. The number of benzene rings is 1. The summed E-state index contributed by atoms with van der Waals surface area (Å²) in [6, 6.07) is 4.81. The Kier molecular flexibility index (Phi) is 2.16. The molecule has 0 spiro atoms. The third kappa shape index (κ3) is 1.26. The molecule has 0 bridgehead atoms. The van der Waals surface area contributed by atoms with Crippen molar-refractivity contribution in [3.63, 3.8) is 0 Å². The lowest BCUT2D eigenvalue weighted by Crippen LogP contribution is -1.92. The standard InChI is InChI=1S/C11H9ClFN/c1-6-7(2)14-11-8(10(6)12)4-3-5-9(11)13/h3-5H,1-2H3. The first-order valence-corrected chi connectivity index (χ1v) is 4.70. The van der Waals surface area contributed by atoms with E-state index in [9.17, 15) is 4.39 Å². The third-order valence-electron chi connectivity index (χ3n) is 2.37. The van der Waals surface area contributed by atoms with E-state index in [4.69, 9.17) is 11.6 Å². The molecule has 2 rings (SSSR count). The van der Waals surface area contributed by atoms with Crippen LogP contribution in [0.4, 0.5) is 4.39 Å². The molecule has 1 aromatic heterocycles. The second-order valence-corrected chi connectivity index (χ2v) is 3.65. The normalized spacial score (nSPS) is 10.9. The summed E-state index contributed by atoms with van der Waals surface area (Å²) in [6.07, 6.45) is 0. The number of aryl methyl sites for hydroxylation is 1. The number of aromatic nitrogens is 1. The fraction of sp³-hybridized carbons (Fsp3) is 0.182. The molecule has 0 fully saturated rings. The van der Waals surface area contributed by atoms with E-state index in [2.05, 4.69) is 4.98 Å². The van der Waals surface area contributed by atoms with Gasteiger partial charge in [-0.2, -0.15) is 0 Å². The molecule has 0 saturated carbocycles. The van der Waals surface area contributed by atoms with Crippen molar-refractivity contribution in [2.75, 3.05) is 0 Å². The van der Waals surface area contributed by atoms with E-state index in [0.717, 1.165) is 11.3 Å². The Morgan fingerprint density at radius 2 is 2.00 bits per heavy atom. The van der Waals surface area contributed by atoms with Crippen LogP contribution in [0.25, 0.3) is 10.9 Å². The average Bonchev–Trinajstić information content (AvgIpc) is 2.17. The minimum Gasteiger partial charge on any atom is -0.250 e. The zero-order chi connectivity index (χ0) is 10.3. The molecular formula is C11H9ClFN. The fourth-order valence-corrected chi connectivity index (χ4v) is 1.71. The number of pyridine rings is 1. The lowest BCUT2D eigenvalue weighted by molar-refractivity contribution is 0.636. The van der Waals surface area contributed by atoms with Crippen LogP contribution in [0.15, 0.2) is 18.2 Å².